The Balaban J connectivity index is 2.84. The molecule has 0 aliphatic carbocycles. The molecule has 2 aromatic rings. The molecule has 66 valence electrons. The molecule has 1 aromatic carbocycles. The van der Waals surface area contributed by atoms with E-state index in [-0.39, 0.29) is 0 Å². The second kappa shape index (κ2) is 3.35. The Morgan fingerprint density at radius 2 is 1.92 bits per heavy atom. The molecule has 1 heterocycles. The van der Waals surface area contributed by atoms with Gasteiger partial charge in [-0.1, -0.05) is 24.3 Å². The minimum absolute atomic E-state index is 0.473. The Bertz CT molecular complexity index is 437. The molecule has 13 heavy (non-hydrogen) atoms. The molecule has 2 heteroatoms. The quantitative estimate of drug-likeness (QED) is 0.631. The van der Waals surface area contributed by atoms with Crippen LogP contribution in [0.4, 0.5) is 0 Å². The number of rotatable bonds is 1. The van der Waals surface area contributed by atoms with Gasteiger partial charge in [0.2, 0.25) is 0 Å². The standard InChI is InChI=1S/C11H10ClN/c1-8-7-13-11(6-12)10-5-3-2-4-9(8)10/h2-5,7H,6H2,1H3. The number of aromatic nitrogens is 1. The normalized spacial score (nSPS) is 10.6. The summed E-state index contributed by atoms with van der Waals surface area (Å²) in [5.74, 6) is 0.473. The fourth-order valence-electron chi connectivity index (χ4n) is 1.50. The first kappa shape index (κ1) is 8.52. The van der Waals surface area contributed by atoms with E-state index in [4.69, 9.17) is 11.6 Å². The van der Waals surface area contributed by atoms with E-state index in [2.05, 4.69) is 24.0 Å². The third-order valence-electron chi connectivity index (χ3n) is 2.20. The maximum atomic E-state index is 5.80. The second-order valence-corrected chi connectivity index (χ2v) is 3.33. The van der Waals surface area contributed by atoms with Crippen LogP contribution in [-0.4, -0.2) is 4.98 Å². The highest BCUT2D eigenvalue weighted by atomic mass is 35.5. The fourth-order valence-corrected chi connectivity index (χ4v) is 1.71. The van der Waals surface area contributed by atoms with Crippen molar-refractivity contribution in [2.45, 2.75) is 12.8 Å². The molecule has 0 saturated heterocycles. The first-order chi connectivity index (χ1) is 6.33. The lowest BCUT2D eigenvalue weighted by atomic mass is 10.1. The van der Waals surface area contributed by atoms with Crippen LogP contribution < -0.4 is 0 Å². The number of nitrogens with zero attached hydrogens (tertiary/aromatic N) is 1. The zero-order valence-electron chi connectivity index (χ0n) is 7.42. The molecule has 0 spiro atoms. The number of fused-ring (bicyclic) bond motifs is 1. The van der Waals surface area contributed by atoms with Crippen molar-refractivity contribution in [3.05, 3.63) is 41.7 Å². The van der Waals surface area contributed by atoms with Crippen LogP contribution in [0.25, 0.3) is 10.8 Å². The van der Waals surface area contributed by atoms with E-state index >= 15 is 0 Å². The molecule has 0 atom stereocenters. The molecule has 0 aliphatic heterocycles. The van der Waals surface area contributed by atoms with Gasteiger partial charge in [0.25, 0.3) is 0 Å². The molecule has 0 fully saturated rings. The lowest BCUT2D eigenvalue weighted by Gasteiger charge is -2.04. The molecule has 0 bridgehead atoms. The number of hydrogen-bond acceptors (Lipinski definition) is 1. The lowest BCUT2D eigenvalue weighted by Crippen LogP contribution is -1.89. The van der Waals surface area contributed by atoms with Crippen LogP contribution in [0.2, 0.25) is 0 Å². The molecule has 0 radical (unpaired) electrons. The van der Waals surface area contributed by atoms with Gasteiger partial charge in [0, 0.05) is 11.6 Å². The van der Waals surface area contributed by atoms with E-state index in [1.165, 1.54) is 10.9 Å². The molecular weight excluding hydrogens is 182 g/mol. The molecule has 1 aromatic heterocycles. The number of halogens is 1. The largest absolute Gasteiger partial charge is 0.259 e. The average Bonchev–Trinajstić information content (AvgIpc) is 2.19. The Labute approximate surface area is 82.4 Å². The van der Waals surface area contributed by atoms with Crippen molar-refractivity contribution in [3.63, 3.8) is 0 Å². The maximum absolute atomic E-state index is 5.80. The summed E-state index contributed by atoms with van der Waals surface area (Å²) in [6.45, 7) is 2.06. The first-order valence-electron chi connectivity index (χ1n) is 4.22. The highest BCUT2D eigenvalue weighted by Gasteiger charge is 2.02. The summed E-state index contributed by atoms with van der Waals surface area (Å²) >= 11 is 5.80. The fraction of sp³-hybridized carbons (Fsp3) is 0.182. The highest BCUT2D eigenvalue weighted by Crippen LogP contribution is 2.20. The van der Waals surface area contributed by atoms with E-state index in [1.54, 1.807) is 0 Å². The molecule has 1 nitrogen and oxygen atoms in total. The number of hydrogen-bond donors (Lipinski definition) is 0. The van der Waals surface area contributed by atoms with Crippen LogP contribution in [0.15, 0.2) is 30.5 Å². The van der Waals surface area contributed by atoms with Crippen LogP contribution in [-0.2, 0) is 5.88 Å². The van der Waals surface area contributed by atoms with Gasteiger partial charge in [-0.05, 0) is 17.9 Å². The molecule has 0 aliphatic rings. The number of benzene rings is 1. The SMILES string of the molecule is Cc1cnc(CCl)c2ccccc12. The van der Waals surface area contributed by atoms with Crippen molar-refractivity contribution in [1.82, 2.24) is 4.98 Å². The Kier molecular flexibility index (Phi) is 2.19. The van der Waals surface area contributed by atoms with Gasteiger partial charge in [-0.3, -0.25) is 4.98 Å². The van der Waals surface area contributed by atoms with Crippen LogP contribution in [0.3, 0.4) is 0 Å². The minimum Gasteiger partial charge on any atom is -0.259 e. The van der Waals surface area contributed by atoms with Crippen molar-refractivity contribution >= 4 is 22.4 Å². The number of pyridine rings is 1. The van der Waals surface area contributed by atoms with Crippen LogP contribution in [0, 0.1) is 6.92 Å². The maximum Gasteiger partial charge on any atom is 0.0653 e. The summed E-state index contributed by atoms with van der Waals surface area (Å²) in [4.78, 5) is 4.29. The smallest absolute Gasteiger partial charge is 0.0653 e. The van der Waals surface area contributed by atoms with Crippen LogP contribution in [0.5, 0.6) is 0 Å². The summed E-state index contributed by atoms with van der Waals surface area (Å²) in [5, 5.41) is 2.41. The molecule has 0 saturated carbocycles. The number of alkyl halides is 1. The molecule has 0 unspecified atom stereocenters. The summed E-state index contributed by atoms with van der Waals surface area (Å²) in [6.07, 6.45) is 1.88. The van der Waals surface area contributed by atoms with E-state index in [0.29, 0.717) is 5.88 Å². The van der Waals surface area contributed by atoms with Gasteiger partial charge in [0.05, 0.1) is 11.6 Å². The van der Waals surface area contributed by atoms with Crippen molar-refractivity contribution in [2.24, 2.45) is 0 Å². The van der Waals surface area contributed by atoms with E-state index in [9.17, 15) is 0 Å². The van der Waals surface area contributed by atoms with Gasteiger partial charge in [-0.15, -0.1) is 11.6 Å². The average molecular weight is 192 g/mol. The monoisotopic (exact) mass is 191 g/mol. The van der Waals surface area contributed by atoms with E-state index in [1.807, 2.05) is 18.3 Å². The van der Waals surface area contributed by atoms with Crippen molar-refractivity contribution in [1.29, 1.82) is 0 Å². The summed E-state index contributed by atoms with van der Waals surface area (Å²) in [6, 6.07) is 8.21. The Morgan fingerprint density at radius 3 is 2.62 bits per heavy atom. The third kappa shape index (κ3) is 1.40. The topological polar surface area (TPSA) is 12.9 Å². The van der Waals surface area contributed by atoms with Crippen LogP contribution in [0.1, 0.15) is 11.3 Å². The lowest BCUT2D eigenvalue weighted by molar-refractivity contribution is 1.18. The van der Waals surface area contributed by atoms with Gasteiger partial charge < -0.3 is 0 Å². The first-order valence-corrected chi connectivity index (χ1v) is 4.75. The van der Waals surface area contributed by atoms with E-state index in [0.717, 1.165) is 11.1 Å². The zero-order chi connectivity index (χ0) is 9.26. The Hall–Kier alpha value is -1.08. The number of aryl methyl sites for hydroxylation is 1. The molecular formula is C11H10ClN. The molecule has 0 amide bonds. The van der Waals surface area contributed by atoms with Gasteiger partial charge in [-0.25, -0.2) is 0 Å². The second-order valence-electron chi connectivity index (χ2n) is 3.07. The predicted octanol–water partition coefficient (Wildman–Crippen LogP) is 3.28. The summed E-state index contributed by atoms with van der Waals surface area (Å²) in [5.41, 5.74) is 2.16. The van der Waals surface area contributed by atoms with Crippen molar-refractivity contribution in [3.8, 4) is 0 Å². The predicted molar refractivity (Wildman–Crippen MR) is 56.0 cm³/mol. The van der Waals surface area contributed by atoms with Gasteiger partial charge in [0.15, 0.2) is 0 Å². The molecule has 0 N–H and O–H groups in total. The van der Waals surface area contributed by atoms with Gasteiger partial charge in [0.1, 0.15) is 0 Å². The minimum atomic E-state index is 0.473. The van der Waals surface area contributed by atoms with Gasteiger partial charge in [-0.2, -0.15) is 0 Å². The highest BCUT2D eigenvalue weighted by molar-refractivity contribution is 6.17. The zero-order valence-corrected chi connectivity index (χ0v) is 8.17. The van der Waals surface area contributed by atoms with Crippen molar-refractivity contribution < 1.29 is 0 Å². The van der Waals surface area contributed by atoms with E-state index < -0.39 is 0 Å². The van der Waals surface area contributed by atoms with Crippen molar-refractivity contribution in [2.75, 3.05) is 0 Å². The van der Waals surface area contributed by atoms with Crippen LogP contribution >= 0.6 is 11.6 Å². The molecule has 2 rings (SSSR count). The Morgan fingerprint density at radius 1 is 1.23 bits per heavy atom. The third-order valence-corrected chi connectivity index (χ3v) is 2.46. The van der Waals surface area contributed by atoms with Gasteiger partial charge >= 0.3 is 0 Å². The summed E-state index contributed by atoms with van der Waals surface area (Å²) < 4.78 is 0. The summed E-state index contributed by atoms with van der Waals surface area (Å²) in [7, 11) is 0.